The number of benzene rings is 1. The second-order valence-corrected chi connectivity index (χ2v) is 7.43. The van der Waals surface area contributed by atoms with Gasteiger partial charge < -0.3 is 10.4 Å². The van der Waals surface area contributed by atoms with Crippen LogP contribution in [-0.4, -0.2) is 22.1 Å². The standard InChI is InChI=1S/C21H24N2O2/c24-18-12-17(13-18)21(19-7-3-4-8-22-19)23-20(25)11-14-9-15-5-1-2-6-16(15)10-14/h1-8,14,17-18,21,24H,9-13H2,(H,23,25)/t17?,18?,21-/m0/s1. The maximum atomic E-state index is 12.7. The number of pyridine rings is 1. The van der Waals surface area contributed by atoms with E-state index in [1.165, 1.54) is 11.1 Å². The molecule has 2 aliphatic carbocycles. The van der Waals surface area contributed by atoms with E-state index < -0.39 is 0 Å². The highest BCUT2D eigenvalue weighted by atomic mass is 16.3. The molecule has 2 aliphatic rings. The smallest absolute Gasteiger partial charge is 0.220 e. The summed E-state index contributed by atoms with van der Waals surface area (Å²) in [5.74, 6) is 0.748. The molecule has 1 amide bonds. The van der Waals surface area contributed by atoms with E-state index in [-0.39, 0.29) is 24.0 Å². The second-order valence-electron chi connectivity index (χ2n) is 7.43. The highest BCUT2D eigenvalue weighted by molar-refractivity contribution is 5.77. The van der Waals surface area contributed by atoms with Crippen LogP contribution in [0.25, 0.3) is 0 Å². The molecular formula is C21H24N2O2. The number of aliphatic hydroxyl groups is 1. The van der Waals surface area contributed by atoms with Crippen molar-refractivity contribution in [1.29, 1.82) is 0 Å². The van der Waals surface area contributed by atoms with Gasteiger partial charge in [-0.1, -0.05) is 30.3 Å². The van der Waals surface area contributed by atoms with Crippen LogP contribution in [0, 0.1) is 11.8 Å². The molecule has 4 rings (SSSR count). The number of carbonyl (C=O) groups is 1. The summed E-state index contributed by atoms with van der Waals surface area (Å²) >= 11 is 0. The second kappa shape index (κ2) is 6.96. The Labute approximate surface area is 148 Å². The zero-order chi connectivity index (χ0) is 17.2. The average molecular weight is 336 g/mol. The predicted molar refractivity (Wildman–Crippen MR) is 95.8 cm³/mol. The fourth-order valence-electron chi connectivity index (χ4n) is 4.18. The van der Waals surface area contributed by atoms with Crippen LogP contribution in [0.3, 0.4) is 0 Å². The molecule has 4 nitrogen and oxygen atoms in total. The normalized spacial score (nSPS) is 23.6. The van der Waals surface area contributed by atoms with Gasteiger partial charge in [0.25, 0.3) is 0 Å². The van der Waals surface area contributed by atoms with Gasteiger partial charge in [0, 0.05) is 12.6 Å². The van der Waals surface area contributed by atoms with Crippen molar-refractivity contribution < 1.29 is 9.90 Å². The van der Waals surface area contributed by atoms with E-state index in [4.69, 9.17) is 0 Å². The van der Waals surface area contributed by atoms with Crippen LogP contribution in [0.5, 0.6) is 0 Å². The number of fused-ring (bicyclic) bond motifs is 1. The zero-order valence-electron chi connectivity index (χ0n) is 14.3. The van der Waals surface area contributed by atoms with Crippen molar-refractivity contribution in [1.82, 2.24) is 10.3 Å². The van der Waals surface area contributed by atoms with Gasteiger partial charge in [-0.05, 0) is 60.8 Å². The summed E-state index contributed by atoms with van der Waals surface area (Å²) in [4.78, 5) is 17.1. The number of hydrogen-bond donors (Lipinski definition) is 2. The summed E-state index contributed by atoms with van der Waals surface area (Å²) in [6.45, 7) is 0. The third-order valence-electron chi connectivity index (χ3n) is 5.55. The molecule has 0 saturated heterocycles. The minimum absolute atomic E-state index is 0.0925. The fraction of sp³-hybridized carbons (Fsp3) is 0.429. The van der Waals surface area contributed by atoms with Crippen molar-refractivity contribution in [3.8, 4) is 0 Å². The van der Waals surface area contributed by atoms with Crippen molar-refractivity contribution in [2.45, 2.75) is 44.2 Å². The van der Waals surface area contributed by atoms with E-state index in [0.29, 0.717) is 12.3 Å². The molecule has 1 fully saturated rings. The van der Waals surface area contributed by atoms with E-state index in [1.807, 2.05) is 18.2 Å². The molecule has 130 valence electrons. The van der Waals surface area contributed by atoms with E-state index in [2.05, 4.69) is 34.6 Å². The Morgan fingerprint density at radius 1 is 1.12 bits per heavy atom. The molecule has 1 saturated carbocycles. The van der Waals surface area contributed by atoms with Gasteiger partial charge in [0.15, 0.2) is 0 Å². The number of nitrogens with one attached hydrogen (secondary N) is 1. The third-order valence-corrected chi connectivity index (χ3v) is 5.55. The number of nitrogens with zero attached hydrogens (tertiary/aromatic N) is 1. The fourth-order valence-corrected chi connectivity index (χ4v) is 4.18. The predicted octanol–water partition coefficient (Wildman–Crippen LogP) is 2.81. The van der Waals surface area contributed by atoms with Gasteiger partial charge in [-0.3, -0.25) is 9.78 Å². The summed E-state index contributed by atoms with van der Waals surface area (Å²) < 4.78 is 0. The first-order chi connectivity index (χ1) is 12.2. The molecule has 0 unspecified atom stereocenters. The van der Waals surface area contributed by atoms with Crippen molar-refractivity contribution in [3.05, 3.63) is 65.5 Å². The molecule has 1 aromatic carbocycles. The minimum atomic E-state index is -0.238. The Morgan fingerprint density at radius 2 is 1.80 bits per heavy atom. The molecule has 1 aromatic heterocycles. The van der Waals surface area contributed by atoms with Gasteiger partial charge in [0.1, 0.15) is 0 Å². The topological polar surface area (TPSA) is 62.2 Å². The molecule has 0 aliphatic heterocycles. The summed E-state index contributed by atoms with van der Waals surface area (Å²) in [5, 5.41) is 12.8. The van der Waals surface area contributed by atoms with E-state index >= 15 is 0 Å². The first-order valence-electron chi connectivity index (χ1n) is 9.14. The molecule has 4 heteroatoms. The first-order valence-corrected chi connectivity index (χ1v) is 9.14. The van der Waals surface area contributed by atoms with Crippen LogP contribution in [-0.2, 0) is 17.6 Å². The number of hydrogen-bond acceptors (Lipinski definition) is 3. The quantitative estimate of drug-likeness (QED) is 0.882. The van der Waals surface area contributed by atoms with Gasteiger partial charge in [0.05, 0.1) is 17.8 Å². The van der Waals surface area contributed by atoms with Crippen molar-refractivity contribution in [3.63, 3.8) is 0 Å². The van der Waals surface area contributed by atoms with Crippen LogP contribution >= 0.6 is 0 Å². The largest absolute Gasteiger partial charge is 0.393 e. The van der Waals surface area contributed by atoms with E-state index in [9.17, 15) is 9.90 Å². The molecular weight excluding hydrogens is 312 g/mol. The van der Waals surface area contributed by atoms with Gasteiger partial charge >= 0.3 is 0 Å². The molecule has 0 radical (unpaired) electrons. The summed E-state index contributed by atoms with van der Waals surface area (Å²) in [6.07, 6.45) is 5.51. The first kappa shape index (κ1) is 16.3. The maximum Gasteiger partial charge on any atom is 0.220 e. The van der Waals surface area contributed by atoms with E-state index in [1.54, 1.807) is 6.20 Å². The monoisotopic (exact) mass is 336 g/mol. The molecule has 0 spiro atoms. The highest BCUT2D eigenvalue weighted by Crippen LogP contribution is 2.37. The Hall–Kier alpha value is -2.20. The average Bonchev–Trinajstić information content (AvgIpc) is 3.00. The Balaban J connectivity index is 1.40. The van der Waals surface area contributed by atoms with E-state index in [0.717, 1.165) is 31.4 Å². The lowest BCUT2D eigenvalue weighted by atomic mass is 9.76. The van der Waals surface area contributed by atoms with Gasteiger partial charge in [-0.25, -0.2) is 0 Å². The zero-order valence-corrected chi connectivity index (χ0v) is 14.3. The maximum absolute atomic E-state index is 12.7. The number of aliphatic hydroxyl groups excluding tert-OH is 1. The lowest BCUT2D eigenvalue weighted by molar-refractivity contribution is -0.124. The summed E-state index contributed by atoms with van der Waals surface area (Å²) in [5.41, 5.74) is 3.65. The van der Waals surface area contributed by atoms with Crippen molar-refractivity contribution in [2.75, 3.05) is 0 Å². The number of carbonyl (C=O) groups excluding carboxylic acids is 1. The Bertz CT molecular complexity index is 716. The molecule has 1 atom stereocenters. The van der Waals surface area contributed by atoms with Gasteiger partial charge in [0.2, 0.25) is 5.91 Å². The van der Waals surface area contributed by atoms with Crippen molar-refractivity contribution in [2.24, 2.45) is 11.8 Å². The molecule has 0 bridgehead atoms. The van der Waals surface area contributed by atoms with Crippen molar-refractivity contribution >= 4 is 5.91 Å². The highest BCUT2D eigenvalue weighted by Gasteiger charge is 2.36. The lowest BCUT2D eigenvalue weighted by Gasteiger charge is -2.37. The Kier molecular flexibility index (Phi) is 4.53. The molecule has 2 N–H and O–H groups in total. The van der Waals surface area contributed by atoms with Gasteiger partial charge in [-0.15, -0.1) is 0 Å². The van der Waals surface area contributed by atoms with Crippen LogP contribution in [0.4, 0.5) is 0 Å². The number of aromatic nitrogens is 1. The minimum Gasteiger partial charge on any atom is -0.393 e. The van der Waals surface area contributed by atoms with Crippen LogP contribution < -0.4 is 5.32 Å². The SMILES string of the molecule is O=C(CC1Cc2ccccc2C1)N[C@H](c1ccccn1)C1CC(O)C1. The molecule has 1 heterocycles. The van der Waals surface area contributed by atoms with Gasteiger partial charge in [-0.2, -0.15) is 0 Å². The van der Waals surface area contributed by atoms with Crippen LogP contribution in [0.15, 0.2) is 48.7 Å². The molecule has 2 aromatic rings. The summed E-state index contributed by atoms with van der Waals surface area (Å²) in [7, 11) is 0. The number of rotatable bonds is 5. The third kappa shape index (κ3) is 3.59. The number of amides is 1. The van der Waals surface area contributed by atoms with Crippen LogP contribution in [0.2, 0.25) is 0 Å². The lowest BCUT2D eigenvalue weighted by Crippen LogP contribution is -2.42. The molecule has 25 heavy (non-hydrogen) atoms. The van der Waals surface area contributed by atoms with Crippen LogP contribution in [0.1, 0.15) is 42.1 Å². The Morgan fingerprint density at radius 3 is 2.40 bits per heavy atom. The summed E-state index contributed by atoms with van der Waals surface area (Å²) in [6, 6.07) is 14.2.